The number of aromatic nitrogens is 4. The van der Waals surface area contributed by atoms with Crippen LogP contribution in [-0.2, 0) is 11.8 Å². The highest BCUT2D eigenvalue weighted by Crippen LogP contribution is 2.29. The van der Waals surface area contributed by atoms with Crippen LogP contribution in [0.2, 0.25) is 0 Å². The molecule has 0 unspecified atom stereocenters. The van der Waals surface area contributed by atoms with E-state index in [1.54, 1.807) is 4.52 Å². The standard InChI is InChI=1S/C11H8Cl2N4S/c12-5-7-3-1-2-4-8(7)10-16-17-9(6-13)14-15-11(17)18-10/h1-4H,5-6H2. The number of rotatable bonds is 3. The fourth-order valence-electron chi connectivity index (χ4n) is 1.70. The second-order valence-corrected chi connectivity index (χ2v) is 5.13. The highest BCUT2D eigenvalue weighted by Gasteiger charge is 2.13. The van der Waals surface area contributed by atoms with E-state index in [9.17, 15) is 0 Å². The van der Waals surface area contributed by atoms with Gasteiger partial charge in [-0.3, -0.25) is 0 Å². The minimum absolute atomic E-state index is 0.293. The van der Waals surface area contributed by atoms with Gasteiger partial charge in [0.05, 0.1) is 5.88 Å². The van der Waals surface area contributed by atoms with Crippen molar-refractivity contribution in [3.63, 3.8) is 0 Å². The summed E-state index contributed by atoms with van der Waals surface area (Å²) in [6, 6.07) is 7.93. The summed E-state index contributed by atoms with van der Waals surface area (Å²) < 4.78 is 1.68. The van der Waals surface area contributed by atoms with Crippen molar-refractivity contribution in [2.24, 2.45) is 0 Å². The van der Waals surface area contributed by atoms with Gasteiger partial charge in [0.25, 0.3) is 0 Å². The Labute approximate surface area is 117 Å². The molecule has 0 atom stereocenters. The predicted octanol–water partition coefficient (Wildman–Crippen LogP) is 3.33. The molecule has 0 N–H and O–H groups in total. The molecule has 0 aliphatic rings. The van der Waals surface area contributed by atoms with Gasteiger partial charge in [0.1, 0.15) is 5.01 Å². The molecule has 1 aromatic carbocycles. The Hall–Kier alpha value is -1.17. The van der Waals surface area contributed by atoms with Crippen molar-refractivity contribution < 1.29 is 0 Å². The van der Waals surface area contributed by atoms with E-state index < -0.39 is 0 Å². The summed E-state index contributed by atoms with van der Waals surface area (Å²) in [7, 11) is 0. The van der Waals surface area contributed by atoms with Crippen molar-refractivity contribution >= 4 is 39.5 Å². The SMILES string of the molecule is ClCc1ccccc1-c1nn2c(CCl)nnc2s1. The van der Waals surface area contributed by atoms with Crippen molar-refractivity contribution in [3.05, 3.63) is 35.7 Å². The maximum Gasteiger partial charge on any atom is 0.235 e. The van der Waals surface area contributed by atoms with Crippen molar-refractivity contribution in [2.45, 2.75) is 11.8 Å². The Morgan fingerprint density at radius 3 is 2.72 bits per heavy atom. The predicted molar refractivity (Wildman–Crippen MR) is 73.2 cm³/mol. The Bertz CT molecular complexity index is 691. The summed E-state index contributed by atoms with van der Waals surface area (Å²) in [6.45, 7) is 0. The monoisotopic (exact) mass is 298 g/mol. The molecule has 3 rings (SSSR count). The average molecular weight is 299 g/mol. The summed E-state index contributed by atoms with van der Waals surface area (Å²) in [5.74, 6) is 1.40. The fraction of sp³-hybridized carbons (Fsp3) is 0.182. The summed E-state index contributed by atoms with van der Waals surface area (Å²) >= 11 is 13.2. The number of hydrogen-bond acceptors (Lipinski definition) is 4. The van der Waals surface area contributed by atoms with Crippen molar-refractivity contribution in [3.8, 4) is 10.6 Å². The van der Waals surface area contributed by atoms with Crippen LogP contribution in [0.1, 0.15) is 11.4 Å². The highest BCUT2D eigenvalue weighted by atomic mass is 35.5. The summed E-state index contributed by atoms with van der Waals surface area (Å²) in [5, 5.41) is 13.4. The Kier molecular flexibility index (Phi) is 3.20. The summed E-state index contributed by atoms with van der Waals surface area (Å²) in [5.41, 5.74) is 2.08. The lowest BCUT2D eigenvalue weighted by atomic mass is 10.1. The molecular formula is C11H8Cl2N4S. The number of fused-ring (bicyclic) bond motifs is 1. The third kappa shape index (κ3) is 1.88. The number of benzene rings is 1. The van der Waals surface area contributed by atoms with Gasteiger partial charge in [-0.2, -0.15) is 9.61 Å². The van der Waals surface area contributed by atoms with Crippen LogP contribution in [0.4, 0.5) is 0 Å². The lowest BCUT2D eigenvalue weighted by Crippen LogP contribution is -1.93. The topological polar surface area (TPSA) is 43.1 Å². The van der Waals surface area contributed by atoms with Gasteiger partial charge >= 0.3 is 0 Å². The van der Waals surface area contributed by atoms with Crippen molar-refractivity contribution in [1.82, 2.24) is 19.8 Å². The van der Waals surface area contributed by atoms with E-state index in [0.717, 1.165) is 21.1 Å². The van der Waals surface area contributed by atoms with E-state index in [4.69, 9.17) is 23.2 Å². The third-order valence-corrected chi connectivity index (χ3v) is 4.03. The minimum atomic E-state index is 0.293. The fourth-order valence-corrected chi connectivity index (χ4v) is 3.01. The zero-order valence-electron chi connectivity index (χ0n) is 9.18. The normalized spacial score (nSPS) is 11.2. The molecule has 2 aromatic heterocycles. The third-order valence-electron chi connectivity index (χ3n) is 2.57. The molecule has 0 radical (unpaired) electrons. The molecule has 7 heteroatoms. The van der Waals surface area contributed by atoms with Crippen LogP contribution in [0.15, 0.2) is 24.3 Å². The molecular weight excluding hydrogens is 291 g/mol. The molecule has 0 aliphatic carbocycles. The van der Waals surface area contributed by atoms with Gasteiger partial charge in [-0.25, -0.2) is 0 Å². The molecule has 18 heavy (non-hydrogen) atoms. The van der Waals surface area contributed by atoms with Gasteiger partial charge in [-0.05, 0) is 5.56 Å². The highest BCUT2D eigenvalue weighted by molar-refractivity contribution is 7.19. The van der Waals surface area contributed by atoms with Crippen molar-refractivity contribution in [1.29, 1.82) is 0 Å². The van der Waals surface area contributed by atoms with Gasteiger partial charge in [0.2, 0.25) is 4.96 Å². The van der Waals surface area contributed by atoms with Gasteiger partial charge in [-0.15, -0.1) is 33.4 Å². The van der Waals surface area contributed by atoms with E-state index in [1.807, 2.05) is 24.3 Å². The number of nitrogens with zero attached hydrogens (tertiary/aromatic N) is 4. The molecule has 4 nitrogen and oxygen atoms in total. The zero-order valence-corrected chi connectivity index (χ0v) is 11.5. The van der Waals surface area contributed by atoms with Crippen LogP contribution in [0.5, 0.6) is 0 Å². The lowest BCUT2D eigenvalue weighted by molar-refractivity contribution is 0.884. The first-order chi connectivity index (χ1) is 8.83. The second kappa shape index (κ2) is 4.84. The van der Waals surface area contributed by atoms with E-state index in [0.29, 0.717) is 17.6 Å². The molecule has 0 fully saturated rings. The molecule has 0 saturated carbocycles. The Morgan fingerprint density at radius 1 is 1.11 bits per heavy atom. The molecule has 0 aliphatic heterocycles. The average Bonchev–Trinajstić information content (AvgIpc) is 2.98. The maximum atomic E-state index is 5.93. The lowest BCUT2D eigenvalue weighted by Gasteiger charge is -2.01. The Balaban J connectivity index is 2.16. The van der Waals surface area contributed by atoms with Crippen LogP contribution in [0.25, 0.3) is 15.5 Å². The van der Waals surface area contributed by atoms with E-state index in [1.165, 1.54) is 11.3 Å². The number of halogens is 2. The van der Waals surface area contributed by atoms with Gasteiger partial charge < -0.3 is 0 Å². The summed E-state index contributed by atoms with van der Waals surface area (Å²) in [4.78, 5) is 0.741. The maximum absolute atomic E-state index is 5.93. The summed E-state index contributed by atoms with van der Waals surface area (Å²) in [6.07, 6.45) is 0. The van der Waals surface area contributed by atoms with Crippen LogP contribution in [0.3, 0.4) is 0 Å². The molecule has 3 aromatic rings. The first-order valence-electron chi connectivity index (χ1n) is 5.25. The second-order valence-electron chi connectivity index (χ2n) is 3.64. The van der Waals surface area contributed by atoms with Gasteiger partial charge in [0.15, 0.2) is 5.82 Å². The molecule has 0 saturated heterocycles. The quantitative estimate of drug-likeness (QED) is 0.697. The number of hydrogen-bond donors (Lipinski definition) is 0. The zero-order chi connectivity index (χ0) is 12.5. The van der Waals surface area contributed by atoms with Crippen LogP contribution in [0, 0.1) is 0 Å². The smallest absolute Gasteiger partial charge is 0.186 e. The molecule has 0 spiro atoms. The molecule has 2 heterocycles. The first-order valence-corrected chi connectivity index (χ1v) is 7.13. The Morgan fingerprint density at radius 2 is 1.94 bits per heavy atom. The van der Waals surface area contributed by atoms with Gasteiger partial charge in [0, 0.05) is 11.4 Å². The van der Waals surface area contributed by atoms with E-state index >= 15 is 0 Å². The minimum Gasteiger partial charge on any atom is -0.186 e. The molecule has 0 amide bonds. The van der Waals surface area contributed by atoms with E-state index in [-0.39, 0.29) is 0 Å². The molecule has 92 valence electrons. The number of alkyl halides is 2. The van der Waals surface area contributed by atoms with Gasteiger partial charge in [-0.1, -0.05) is 35.6 Å². The largest absolute Gasteiger partial charge is 0.235 e. The van der Waals surface area contributed by atoms with E-state index in [2.05, 4.69) is 15.3 Å². The van der Waals surface area contributed by atoms with Crippen LogP contribution >= 0.6 is 34.5 Å². The van der Waals surface area contributed by atoms with Crippen LogP contribution in [-0.4, -0.2) is 19.8 Å². The van der Waals surface area contributed by atoms with Crippen molar-refractivity contribution in [2.75, 3.05) is 0 Å². The first kappa shape index (κ1) is 11.9. The van der Waals surface area contributed by atoms with Crippen LogP contribution < -0.4 is 0 Å². The molecule has 0 bridgehead atoms.